The largest absolute Gasteiger partial charge is 0.480 e. The SMILES string of the molecule is NCCCC[C@H](N)C(=O)N[C@@H](CC(N)=O)C(=O)N[C@@H](CS)C(=O)O. The molecule has 9 N–H and O–H groups in total. The van der Waals surface area contributed by atoms with Crippen LogP contribution in [0.1, 0.15) is 25.7 Å². The Kier molecular flexibility index (Phi) is 10.8. The van der Waals surface area contributed by atoms with Crippen molar-refractivity contribution in [3.63, 3.8) is 0 Å². The van der Waals surface area contributed by atoms with E-state index in [1.165, 1.54) is 0 Å². The van der Waals surface area contributed by atoms with Gasteiger partial charge in [0.1, 0.15) is 12.1 Å². The number of rotatable bonds is 12. The maximum absolute atomic E-state index is 12.1. The molecule has 0 fully saturated rings. The fourth-order valence-electron chi connectivity index (χ4n) is 1.79. The highest BCUT2D eigenvalue weighted by atomic mass is 32.1. The minimum atomic E-state index is -1.31. The van der Waals surface area contributed by atoms with E-state index in [2.05, 4.69) is 23.3 Å². The fourth-order valence-corrected chi connectivity index (χ4v) is 2.03. The van der Waals surface area contributed by atoms with Gasteiger partial charge in [-0.25, -0.2) is 4.79 Å². The predicted molar refractivity (Wildman–Crippen MR) is 90.0 cm³/mol. The highest BCUT2D eigenvalue weighted by Crippen LogP contribution is 2.01. The summed E-state index contributed by atoms with van der Waals surface area (Å²) in [4.78, 5) is 46.1. The second-order valence-electron chi connectivity index (χ2n) is 5.20. The Morgan fingerprint density at radius 3 is 2.08 bits per heavy atom. The molecular weight excluding hydrogens is 338 g/mol. The van der Waals surface area contributed by atoms with E-state index in [4.69, 9.17) is 22.3 Å². The van der Waals surface area contributed by atoms with Gasteiger partial charge in [0.2, 0.25) is 17.7 Å². The number of hydrogen-bond donors (Lipinski definition) is 7. The maximum Gasteiger partial charge on any atom is 0.327 e. The van der Waals surface area contributed by atoms with Crippen molar-refractivity contribution < 1.29 is 24.3 Å². The van der Waals surface area contributed by atoms with Crippen molar-refractivity contribution in [3.05, 3.63) is 0 Å². The number of nitrogens with one attached hydrogen (secondary N) is 2. The molecule has 138 valence electrons. The standard InChI is InChI=1S/C13H25N5O5S/c14-4-2-1-3-7(15)11(20)17-8(5-10(16)19)12(21)18-9(6-24)13(22)23/h7-9,24H,1-6,14-15H2,(H2,16,19)(H,17,20)(H,18,21)(H,22,23)/t7-,8-,9-/m0/s1. The number of carboxylic acids is 1. The van der Waals surface area contributed by atoms with Crippen molar-refractivity contribution in [1.29, 1.82) is 0 Å². The van der Waals surface area contributed by atoms with Gasteiger partial charge in [-0.2, -0.15) is 12.6 Å². The molecular formula is C13H25N5O5S. The third kappa shape index (κ3) is 8.70. The van der Waals surface area contributed by atoms with Gasteiger partial charge in [0.25, 0.3) is 0 Å². The Bertz CT molecular complexity index is 462. The number of amides is 3. The Labute approximate surface area is 145 Å². The third-order valence-electron chi connectivity index (χ3n) is 3.14. The Morgan fingerprint density at radius 2 is 1.62 bits per heavy atom. The average Bonchev–Trinajstić information content (AvgIpc) is 2.50. The zero-order chi connectivity index (χ0) is 18.7. The van der Waals surface area contributed by atoms with E-state index >= 15 is 0 Å². The molecule has 11 heteroatoms. The maximum atomic E-state index is 12.1. The lowest BCUT2D eigenvalue weighted by Crippen LogP contribution is -2.55. The molecule has 0 aliphatic rings. The molecule has 0 aliphatic carbocycles. The molecule has 0 spiro atoms. The van der Waals surface area contributed by atoms with Gasteiger partial charge in [0.05, 0.1) is 12.5 Å². The van der Waals surface area contributed by atoms with Crippen LogP contribution in [0.5, 0.6) is 0 Å². The van der Waals surface area contributed by atoms with E-state index in [1.807, 2.05) is 0 Å². The normalized spacial score (nSPS) is 14.3. The van der Waals surface area contributed by atoms with Crippen molar-refractivity contribution in [2.24, 2.45) is 17.2 Å². The molecule has 3 atom stereocenters. The van der Waals surface area contributed by atoms with Crippen molar-refractivity contribution >= 4 is 36.3 Å². The van der Waals surface area contributed by atoms with Gasteiger partial charge < -0.3 is 32.9 Å². The first-order chi connectivity index (χ1) is 11.2. The number of nitrogens with two attached hydrogens (primary N) is 3. The van der Waals surface area contributed by atoms with Crippen LogP contribution in [0.2, 0.25) is 0 Å². The van der Waals surface area contributed by atoms with Crippen molar-refractivity contribution in [2.45, 2.75) is 43.8 Å². The summed E-state index contributed by atoms with van der Waals surface area (Å²) in [5.41, 5.74) is 16.1. The first kappa shape index (κ1) is 22.1. The Balaban J connectivity index is 4.81. The highest BCUT2D eigenvalue weighted by Gasteiger charge is 2.28. The molecule has 0 aliphatic heterocycles. The van der Waals surface area contributed by atoms with Gasteiger partial charge in [0.15, 0.2) is 0 Å². The number of carbonyl (C=O) groups excluding carboxylic acids is 3. The van der Waals surface area contributed by atoms with Crippen molar-refractivity contribution in [3.8, 4) is 0 Å². The summed E-state index contributed by atoms with van der Waals surface area (Å²) in [7, 11) is 0. The van der Waals surface area contributed by atoms with Crippen LogP contribution < -0.4 is 27.8 Å². The smallest absolute Gasteiger partial charge is 0.327 e. The molecule has 10 nitrogen and oxygen atoms in total. The van der Waals surface area contributed by atoms with Crippen LogP contribution in [0, 0.1) is 0 Å². The lowest BCUT2D eigenvalue weighted by atomic mass is 10.1. The summed E-state index contributed by atoms with van der Waals surface area (Å²) < 4.78 is 0. The van der Waals surface area contributed by atoms with E-state index in [0.717, 1.165) is 0 Å². The Morgan fingerprint density at radius 1 is 1.04 bits per heavy atom. The minimum Gasteiger partial charge on any atom is -0.480 e. The number of carbonyl (C=O) groups is 4. The molecule has 0 saturated carbocycles. The topological polar surface area (TPSA) is 191 Å². The summed E-state index contributed by atoms with van der Waals surface area (Å²) >= 11 is 3.81. The van der Waals surface area contributed by atoms with Crippen molar-refractivity contribution in [2.75, 3.05) is 12.3 Å². The molecule has 0 aromatic heterocycles. The van der Waals surface area contributed by atoms with Gasteiger partial charge >= 0.3 is 5.97 Å². The summed E-state index contributed by atoms with van der Waals surface area (Å²) in [5.74, 6) is -3.76. The first-order valence-corrected chi connectivity index (χ1v) is 8.04. The van der Waals surface area contributed by atoms with Gasteiger partial charge in [0, 0.05) is 5.75 Å². The molecule has 24 heavy (non-hydrogen) atoms. The number of aliphatic carboxylic acids is 1. The zero-order valence-corrected chi connectivity index (χ0v) is 14.1. The van der Waals surface area contributed by atoms with Gasteiger partial charge in [-0.05, 0) is 19.4 Å². The van der Waals surface area contributed by atoms with Gasteiger partial charge in [-0.3, -0.25) is 14.4 Å². The van der Waals surface area contributed by atoms with Crippen LogP contribution >= 0.6 is 12.6 Å². The summed E-state index contributed by atoms with van der Waals surface area (Å²) in [5, 5.41) is 13.4. The van der Waals surface area contributed by atoms with Crippen LogP contribution in [0.15, 0.2) is 0 Å². The molecule has 0 unspecified atom stereocenters. The lowest BCUT2D eigenvalue weighted by Gasteiger charge is -2.21. The summed E-state index contributed by atoms with van der Waals surface area (Å²) in [6.45, 7) is 0.474. The lowest BCUT2D eigenvalue weighted by molar-refractivity contribution is -0.141. The Hall–Kier alpha value is -1.85. The number of unbranched alkanes of at least 4 members (excludes halogenated alkanes) is 1. The molecule has 0 saturated heterocycles. The highest BCUT2D eigenvalue weighted by molar-refractivity contribution is 7.80. The molecule has 3 amide bonds. The van der Waals surface area contributed by atoms with Crippen LogP contribution in [-0.4, -0.2) is 59.2 Å². The second-order valence-corrected chi connectivity index (χ2v) is 5.57. The summed E-state index contributed by atoms with van der Waals surface area (Å²) in [6, 6.07) is -3.44. The first-order valence-electron chi connectivity index (χ1n) is 7.41. The van der Waals surface area contributed by atoms with Crippen LogP contribution in [0.25, 0.3) is 0 Å². The molecule has 0 rings (SSSR count). The second kappa shape index (κ2) is 11.6. The molecule has 0 aromatic carbocycles. The van der Waals surface area contributed by atoms with E-state index in [0.29, 0.717) is 25.8 Å². The average molecular weight is 363 g/mol. The molecule has 0 radical (unpaired) electrons. The number of primary amides is 1. The number of hydrogen-bond acceptors (Lipinski definition) is 7. The van der Waals surface area contributed by atoms with Crippen LogP contribution in [0.3, 0.4) is 0 Å². The predicted octanol–water partition coefficient (Wildman–Crippen LogP) is -2.70. The fraction of sp³-hybridized carbons (Fsp3) is 0.692. The van der Waals surface area contributed by atoms with E-state index in [9.17, 15) is 19.2 Å². The van der Waals surface area contributed by atoms with Crippen LogP contribution in [0.4, 0.5) is 0 Å². The van der Waals surface area contributed by atoms with E-state index < -0.39 is 48.2 Å². The molecule has 0 heterocycles. The quantitative estimate of drug-likeness (QED) is 0.145. The molecule has 0 bridgehead atoms. The van der Waals surface area contributed by atoms with Crippen LogP contribution in [-0.2, 0) is 19.2 Å². The monoisotopic (exact) mass is 363 g/mol. The minimum absolute atomic E-state index is 0.156. The van der Waals surface area contributed by atoms with Crippen molar-refractivity contribution in [1.82, 2.24) is 10.6 Å². The van der Waals surface area contributed by atoms with E-state index in [-0.39, 0.29) is 5.75 Å². The summed E-state index contributed by atoms with van der Waals surface area (Å²) in [6.07, 6.45) is 1.22. The molecule has 0 aromatic rings. The zero-order valence-electron chi connectivity index (χ0n) is 13.2. The van der Waals surface area contributed by atoms with E-state index in [1.54, 1.807) is 0 Å². The van der Waals surface area contributed by atoms with Gasteiger partial charge in [-0.1, -0.05) is 6.42 Å². The van der Waals surface area contributed by atoms with Gasteiger partial charge in [-0.15, -0.1) is 0 Å². The third-order valence-corrected chi connectivity index (χ3v) is 3.51. The number of thiol groups is 1. The number of carboxylic acid groups (broad SMARTS) is 1.